The van der Waals surface area contributed by atoms with E-state index in [9.17, 15) is 4.79 Å². The van der Waals surface area contributed by atoms with Crippen LogP contribution in [0.4, 0.5) is 0 Å². The van der Waals surface area contributed by atoms with Gasteiger partial charge < -0.3 is 4.90 Å². The highest BCUT2D eigenvalue weighted by molar-refractivity contribution is 9.09. The zero-order chi connectivity index (χ0) is 14.7. The van der Waals surface area contributed by atoms with Gasteiger partial charge >= 0.3 is 0 Å². The molecule has 1 amide bonds. The van der Waals surface area contributed by atoms with Crippen molar-refractivity contribution in [3.8, 4) is 5.69 Å². The van der Waals surface area contributed by atoms with Crippen LogP contribution >= 0.6 is 15.9 Å². The van der Waals surface area contributed by atoms with Crippen molar-refractivity contribution in [2.24, 2.45) is 0 Å². The molecule has 0 saturated heterocycles. The normalized spacial score (nSPS) is 14.7. The van der Waals surface area contributed by atoms with E-state index in [1.165, 1.54) is 6.42 Å². The number of alkyl halides is 1. The summed E-state index contributed by atoms with van der Waals surface area (Å²) < 4.78 is 1.75. The van der Waals surface area contributed by atoms with E-state index in [-0.39, 0.29) is 5.91 Å². The molecular formula is C16H18BrN3O. The van der Waals surface area contributed by atoms with Gasteiger partial charge in [-0.2, -0.15) is 5.10 Å². The fraction of sp³-hybridized carbons (Fsp3) is 0.375. The molecule has 0 spiro atoms. The Bertz CT molecular complexity index is 607. The van der Waals surface area contributed by atoms with Gasteiger partial charge in [0, 0.05) is 24.1 Å². The first kappa shape index (κ1) is 14.3. The number of hydrogen-bond donors (Lipinski definition) is 0. The third-order valence-corrected chi connectivity index (χ3v) is 4.31. The quantitative estimate of drug-likeness (QED) is 0.778. The number of rotatable bonds is 5. The topological polar surface area (TPSA) is 38.1 Å². The molecule has 0 radical (unpaired) electrons. The molecule has 0 aliphatic heterocycles. The predicted octanol–water partition coefficient (Wildman–Crippen LogP) is 3.26. The van der Waals surface area contributed by atoms with Crippen LogP contribution in [0.5, 0.6) is 0 Å². The maximum Gasteiger partial charge on any atom is 0.257 e. The molecule has 5 heteroatoms. The number of halogens is 1. The average Bonchev–Trinajstić information content (AvgIpc) is 2.95. The molecule has 1 aliphatic carbocycles. The Morgan fingerprint density at radius 1 is 1.33 bits per heavy atom. The van der Waals surface area contributed by atoms with Crippen molar-refractivity contribution < 1.29 is 4.79 Å². The maximum absolute atomic E-state index is 12.7. The molecule has 0 unspecified atom stereocenters. The van der Waals surface area contributed by atoms with E-state index in [0.717, 1.165) is 30.4 Å². The summed E-state index contributed by atoms with van der Waals surface area (Å²) in [6.45, 7) is 0.750. The molecule has 0 bridgehead atoms. The Kier molecular flexibility index (Phi) is 4.39. The third-order valence-electron chi connectivity index (χ3n) is 3.95. The minimum absolute atomic E-state index is 0.0846. The standard InChI is InChI=1S/C16H18BrN3O/c17-9-10-19(14-7-4-8-14)16(21)13-11-18-20(12-13)15-5-2-1-3-6-15/h1-3,5-6,11-12,14H,4,7-10H2. The number of aromatic nitrogens is 2. The monoisotopic (exact) mass is 347 g/mol. The number of hydrogen-bond acceptors (Lipinski definition) is 2. The van der Waals surface area contributed by atoms with E-state index in [1.807, 2.05) is 41.4 Å². The first-order valence-corrected chi connectivity index (χ1v) is 8.39. The van der Waals surface area contributed by atoms with Crippen LogP contribution in [0, 0.1) is 0 Å². The minimum Gasteiger partial charge on any atom is -0.335 e. The van der Waals surface area contributed by atoms with Gasteiger partial charge in [-0.05, 0) is 31.4 Å². The molecule has 1 heterocycles. The number of para-hydroxylation sites is 1. The van der Waals surface area contributed by atoms with E-state index in [2.05, 4.69) is 21.0 Å². The van der Waals surface area contributed by atoms with E-state index in [1.54, 1.807) is 10.9 Å². The lowest BCUT2D eigenvalue weighted by Crippen LogP contribution is -2.45. The molecule has 0 N–H and O–H groups in total. The van der Waals surface area contributed by atoms with Crippen LogP contribution in [0.2, 0.25) is 0 Å². The molecule has 1 aliphatic rings. The predicted molar refractivity (Wildman–Crippen MR) is 86.0 cm³/mol. The van der Waals surface area contributed by atoms with Gasteiger partial charge in [-0.3, -0.25) is 4.79 Å². The van der Waals surface area contributed by atoms with Crippen molar-refractivity contribution in [2.45, 2.75) is 25.3 Å². The smallest absolute Gasteiger partial charge is 0.257 e. The van der Waals surface area contributed by atoms with Gasteiger partial charge in [-0.15, -0.1) is 0 Å². The van der Waals surface area contributed by atoms with E-state index in [4.69, 9.17) is 0 Å². The second-order valence-corrected chi connectivity index (χ2v) is 6.07. The largest absolute Gasteiger partial charge is 0.335 e. The first-order valence-electron chi connectivity index (χ1n) is 7.26. The van der Waals surface area contributed by atoms with Gasteiger partial charge in [0.15, 0.2) is 0 Å². The Hall–Kier alpha value is -1.62. The Morgan fingerprint density at radius 2 is 2.10 bits per heavy atom. The average molecular weight is 348 g/mol. The van der Waals surface area contributed by atoms with Crippen molar-refractivity contribution in [1.29, 1.82) is 0 Å². The molecule has 2 aromatic rings. The van der Waals surface area contributed by atoms with E-state index >= 15 is 0 Å². The Labute approximate surface area is 132 Å². The van der Waals surface area contributed by atoms with Crippen LogP contribution in [0.15, 0.2) is 42.7 Å². The number of carbonyl (C=O) groups excluding carboxylic acids is 1. The molecular weight excluding hydrogens is 330 g/mol. The second kappa shape index (κ2) is 6.43. The number of amides is 1. The van der Waals surface area contributed by atoms with Gasteiger partial charge in [0.1, 0.15) is 0 Å². The summed E-state index contributed by atoms with van der Waals surface area (Å²) >= 11 is 3.44. The van der Waals surface area contributed by atoms with Gasteiger partial charge in [0.2, 0.25) is 0 Å². The second-order valence-electron chi connectivity index (χ2n) is 5.28. The summed E-state index contributed by atoms with van der Waals surface area (Å²) in [4.78, 5) is 14.6. The Balaban J connectivity index is 1.79. The summed E-state index contributed by atoms with van der Waals surface area (Å²) in [7, 11) is 0. The van der Waals surface area contributed by atoms with Crippen LogP contribution in [0.1, 0.15) is 29.6 Å². The fourth-order valence-corrected chi connectivity index (χ4v) is 2.94. The zero-order valence-electron chi connectivity index (χ0n) is 11.8. The van der Waals surface area contributed by atoms with Gasteiger partial charge in [-0.1, -0.05) is 34.1 Å². The molecule has 3 rings (SSSR count). The van der Waals surface area contributed by atoms with Crippen LogP contribution in [-0.4, -0.2) is 38.5 Å². The summed E-state index contributed by atoms with van der Waals surface area (Å²) in [5.41, 5.74) is 1.62. The molecule has 21 heavy (non-hydrogen) atoms. The maximum atomic E-state index is 12.7. The number of benzene rings is 1. The van der Waals surface area contributed by atoms with Gasteiger partial charge in [-0.25, -0.2) is 4.68 Å². The molecule has 1 saturated carbocycles. The minimum atomic E-state index is 0.0846. The fourth-order valence-electron chi connectivity index (χ4n) is 2.56. The van der Waals surface area contributed by atoms with Crippen LogP contribution in [-0.2, 0) is 0 Å². The highest BCUT2D eigenvalue weighted by Crippen LogP contribution is 2.26. The molecule has 1 aromatic heterocycles. The number of nitrogens with zero attached hydrogens (tertiary/aromatic N) is 3. The van der Waals surface area contributed by atoms with Gasteiger partial charge in [0.25, 0.3) is 5.91 Å². The van der Waals surface area contributed by atoms with Crippen molar-refractivity contribution in [2.75, 3.05) is 11.9 Å². The van der Waals surface area contributed by atoms with Crippen molar-refractivity contribution in [3.05, 3.63) is 48.3 Å². The zero-order valence-corrected chi connectivity index (χ0v) is 13.4. The summed E-state index contributed by atoms with van der Waals surface area (Å²) in [6, 6.07) is 10.2. The number of carbonyl (C=O) groups is 1. The molecule has 1 fully saturated rings. The SMILES string of the molecule is O=C(c1cnn(-c2ccccc2)c1)N(CCBr)C1CCC1. The lowest BCUT2D eigenvalue weighted by Gasteiger charge is -2.37. The van der Waals surface area contributed by atoms with E-state index < -0.39 is 0 Å². The molecule has 110 valence electrons. The molecule has 1 aromatic carbocycles. The molecule has 4 nitrogen and oxygen atoms in total. The van der Waals surface area contributed by atoms with Crippen LogP contribution in [0.25, 0.3) is 5.69 Å². The summed E-state index contributed by atoms with van der Waals surface area (Å²) in [6.07, 6.45) is 6.93. The van der Waals surface area contributed by atoms with E-state index in [0.29, 0.717) is 11.6 Å². The summed E-state index contributed by atoms with van der Waals surface area (Å²) in [5, 5.41) is 5.12. The molecule has 0 atom stereocenters. The van der Waals surface area contributed by atoms with Crippen LogP contribution in [0.3, 0.4) is 0 Å². The highest BCUT2D eigenvalue weighted by Gasteiger charge is 2.29. The third kappa shape index (κ3) is 3.02. The highest BCUT2D eigenvalue weighted by atomic mass is 79.9. The Morgan fingerprint density at radius 3 is 2.71 bits per heavy atom. The van der Waals surface area contributed by atoms with Crippen molar-refractivity contribution >= 4 is 21.8 Å². The lowest BCUT2D eigenvalue weighted by molar-refractivity contribution is 0.0599. The van der Waals surface area contributed by atoms with Gasteiger partial charge in [0.05, 0.1) is 17.4 Å². The lowest BCUT2D eigenvalue weighted by atomic mass is 9.91. The van der Waals surface area contributed by atoms with Crippen LogP contribution < -0.4 is 0 Å². The first-order chi connectivity index (χ1) is 10.3. The van der Waals surface area contributed by atoms with Crippen molar-refractivity contribution in [3.63, 3.8) is 0 Å². The van der Waals surface area contributed by atoms with Crippen molar-refractivity contribution in [1.82, 2.24) is 14.7 Å². The summed E-state index contributed by atoms with van der Waals surface area (Å²) in [5.74, 6) is 0.0846.